The molecule has 2 fully saturated rings. The number of nitrogens with zero attached hydrogens (tertiary/aromatic N) is 1. The van der Waals surface area contributed by atoms with E-state index in [1.165, 1.54) is 19.3 Å². The number of carbonyl (C=O) groups is 1. The van der Waals surface area contributed by atoms with Crippen molar-refractivity contribution in [2.45, 2.75) is 45.6 Å². The molecule has 1 amide bonds. The molecule has 1 aliphatic heterocycles. The van der Waals surface area contributed by atoms with Crippen LogP contribution >= 0.6 is 0 Å². The molecule has 0 spiro atoms. The zero-order chi connectivity index (χ0) is 11.5. The molecule has 3 nitrogen and oxygen atoms in total. The number of ether oxygens (including phenoxy) is 1. The highest BCUT2D eigenvalue weighted by molar-refractivity contribution is 5.80. The van der Waals surface area contributed by atoms with Gasteiger partial charge >= 0.3 is 0 Å². The zero-order valence-electron chi connectivity index (χ0n) is 10.4. The zero-order valence-corrected chi connectivity index (χ0v) is 10.4. The minimum Gasteiger partial charge on any atom is -0.368 e. The summed E-state index contributed by atoms with van der Waals surface area (Å²) in [6.07, 6.45) is 4.71. The Balaban J connectivity index is 1.75. The molecule has 0 aromatic heterocycles. The van der Waals surface area contributed by atoms with Gasteiger partial charge in [-0.15, -0.1) is 0 Å². The number of carbonyl (C=O) groups excluding carboxylic acids is 1. The molecule has 0 radical (unpaired) electrons. The first kappa shape index (κ1) is 11.9. The lowest BCUT2D eigenvalue weighted by atomic mass is 10.00. The molecule has 2 aliphatic rings. The third-order valence-corrected chi connectivity index (χ3v) is 3.60. The molecule has 2 atom stereocenters. The lowest BCUT2D eigenvalue weighted by Gasteiger charge is -2.32. The van der Waals surface area contributed by atoms with Crippen LogP contribution in [0.5, 0.6) is 0 Å². The molecule has 2 rings (SSSR count). The van der Waals surface area contributed by atoms with E-state index in [0.717, 1.165) is 32.0 Å². The molecule has 1 saturated carbocycles. The molecular weight excluding hydrogens is 202 g/mol. The summed E-state index contributed by atoms with van der Waals surface area (Å²) in [5.41, 5.74) is 0. The van der Waals surface area contributed by atoms with Gasteiger partial charge in [0.25, 0.3) is 5.91 Å². The summed E-state index contributed by atoms with van der Waals surface area (Å²) in [5.74, 6) is 1.57. The number of rotatable bonds is 4. The fourth-order valence-electron chi connectivity index (χ4n) is 2.28. The Hall–Kier alpha value is -0.570. The summed E-state index contributed by atoms with van der Waals surface area (Å²) in [6, 6.07) is 0. The van der Waals surface area contributed by atoms with E-state index in [1.54, 1.807) is 0 Å². The first-order valence-electron chi connectivity index (χ1n) is 6.57. The highest BCUT2D eigenvalue weighted by Gasteiger charge is 2.28. The van der Waals surface area contributed by atoms with E-state index >= 15 is 0 Å². The molecule has 0 unspecified atom stereocenters. The largest absolute Gasteiger partial charge is 0.368 e. The van der Waals surface area contributed by atoms with Crippen LogP contribution in [0.25, 0.3) is 0 Å². The minimum absolute atomic E-state index is 0.187. The van der Waals surface area contributed by atoms with Gasteiger partial charge in [-0.2, -0.15) is 0 Å². The van der Waals surface area contributed by atoms with Crippen LogP contribution in [0.1, 0.15) is 39.5 Å². The number of amides is 1. The Morgan fingerprint density at radius 1 is 1.44 bits per heavy atom. The Morgan fingerprint density at radius 3 is 2.81 bits per heavy atom. The Labute approximate surface area is 98.1 Å². The minimum atomic E-state index is -0.245. The Bertz CT molecular complexity index is 250. The van der Waals surface area contributed by atoms with E-state index in [1.807, 2.05) is 11.8 Å². The number of piperidine rings is 1. The Morgan fingerprint density at radius 2 is 2.19 bits per heavy atom. The van der Waals surface area contributed by atoms with Crippen molar-refractivity contribution in [1.29, 1.82) is 0 Å². The smallest absolute Gasteiger partial charge is 0.251 e. The maximum atomic E-state index is 12.1. The average Bonchev–Trinajstić information content (AvgIpc) is 3.08. The second-order valence-corrected chi connectivity index (χ2v) is 5.45. The summed E-state index contributed by atoms with van der Waals surface area (Å²) in [6.45, 7) is 6.71. The van der Waals surface area contributed by atoms with Gasteiger partial charge in [0.1, 0.15) is 6.10 Å². The van der Waals surface area contributed by atoms with E-state index in [0.29, 0.717) is 5.92 Å². The Kier molecular flexibility index (Phi) is 3.85. The van der Waals surface area contributed by atoms with Crippen molar-refractivity contribution in [2.75, 3.05) is 19.7 Å². The lowest BCUT2D eigenvalue weighted by molar-refractivity contribution is -0.144. The molecule has 92 valence electrons. The van der Waals surface area contributed by atoms with E-state index < -0.39 is 0 Å². The van der Waals surface area contributed by atoms with Crippen LogP contribution in [0, 0.1) is 11.8 Å². The first-order valence-corrected chi connectivity index (χ1v) is 6.57. The van der Waals surface area contributed by atoms with E-state index in [9.17, 15) is 4.79 Å². The highest BCUT2D eigenvalue weighted by atomic mass is 16.5. The van der Waals surface area contributed by atoms with Crippen molar-refractivity contribution in [2.24, 2.45) is 11.8 Å². The average molecular weight is 225 g/mol. The van der Waals surface area contributed by atoms with Crippen molar-refractivity contribution in [3.05, 3.63) is 0 Å². The predicted molar refractivity (Wildman–Crippen MR) is 63.1 cm³/mol. The molecular formula is C13H23NO2. The molecule has 0 bridgehead atoms. The van der Waals surface area contributed by atoms with Gasteiger partial charge in [-0.3, -0.25) is 4.79 Å². The van der Waals surface area contributed by atoms with Gasteiger partial charge in [0.2, 0.25) is 0 Å². The van der Waals surface area contributed by atoms with Crippen molar-refractivity contribution in [3.8, 4) is 0 Å². The third-order valence-electron chi connectivity index (χ3n) is 3.60. The van der Waals surface area contributed by atoms with Crippen LogP contribution < -0.4 is 0 Å². The van der Waals surface area contributed by atoms with Crippen LogP contribution in [0.2, 0.25) is 0 Å². The van der Waals surface area contributed by atoms with Crippen LogP contribution in [0.3, 0.4) is 0 Å². The van der Waals surface area contributed by atoms with Gasteiger partial charge in [-0.1, -0.05) is 6.92 Å². The monoisotopic (exact) mass is 225 g/mol. The first-order chi connectivity index (χ1) is 7.66. The van der Waals surface area contributed by atoms with Gasteiger partial charge < -0.3 is 9.64 Å². The SMILES string of the molecule is C[C@@H]1CCCN(C(=O)[C@@H](C)OCC2CC2)C1. The predicted octanol–water partition coefficient (Wildman–Crippen LogP) is 2.06. The van der Waals surface area contributed by atoms with E-state index in [2.05, 4.69) is 6.92 Å². The summed E-state index contributed by atoms with van der Waals surface area (Å²) in [4.78, 5) is 14.1. The highest BCUT2D eigenvalue weighted by Crippen LogP contribution is 2.29. The fraction of sp³-hybridized carbons (Fsp3) is 0.923. The van der Waals surface area contributed by atoms with Gasteiger partial charge in [-0.25, -0.2) is 0 Å². The van der Waals surface area contributed by atoms with Crippen LogP contribution in [-0.4, -0.2) is 36.6 Å². The number of likely N-dealkylation sites (tertiary alicyclic amines) is 1. The van der Waals surface area contributed by atoms with E-state index in [4.69, 9.17) is 4.74 Å². The second kappa shape index (κ2) is 5.17. The standard InChI is InChI=1S/C13H23NO2/c1-10-4-3-7-14(8-10)13(15)11(2)16-9-12-5-6-12/h10-12H,3-9H2,1-2H3/t10-,11-/m1/s1. The van der Waals surface area contributed by atoms with Crippen LogP contribution in [0.15, 0.2) is 0 Å². The maximum absolute atomic E-state index is 12.1. The van der Waals surface area contributed by atoms with Gasteiger partial charge in [0.05, 0.1) is 6.61 Å². The van der Waals surface area contributed by atoms with Crippen LogP contribution in [-0.2, 0) is 9.53 Å². The van der Waals surface area contributed by atoms with Crippen molar-refractivity contribution >= 4 is 5.91 Å². The summed E-state index contributed by atoms with van der Waals surface area (Å²) in [5, 5.41) is 0. The molecule has 3 heteroatoms. The summed E-state index contributed by atoms with van der Waals surface area (Å²) >= 11 is 0. The number of hydrogen-bond acceptors (Lipinski definition) is 2. The van der Waals surface area contributed by atoms with Gasteiger partial charge in [0, 0.05) is 13.1 Å². The molecule has 0 aromatic rings. The summed E-state index contributed by atoms with van der Waals surface area (Å²) < 4.78 is 5.62. The molecule has 1 aliphatic carbocycles. The van der Waals surface area contributed by atoms with E-state index in [-0.39, 0.29) is 12.0 Å². The van der Waals surface area contributed by atoms with Gasteiger partial charge in [0.15, 0.2) is 0 Å². The fourth-order valence-corrected chi connectivity index (χ4v) is 2.28. The third kappa shape index (κ3) is 3.21. The quantitative estimate of drug-likeness (QED) is 0.733. The molecule has 0 aromatic carbocycles. The van der Waals surface area contributed by atoms with Crippen molar-refractivity contribution in [1.82, 2.24) is 4.90 Å². The molecule has 0 N–H and O–H groups in total. The topological polar surface area (TPSA) is 29.5 Å². The molecule has 16 heavy (non-hydrogen) atoms. The molecule has 1 saturated heterocycles. The summed E-state index contributed by atoms with van der Waals surface area (Å²) in [7, 11) is 0. The van der Waals surface area contributed by atoms with Crippen molar-refractivity contribution in [3.63, 3.8) is 0 Å². The lowest BCUT2D eigenvalue weighted by Crippen LogP contribution is -2.44. The maximum Gasteiger partial charge on any atom is 0.251 e. The van der Waals surface area contributed by atoms with Crippen LogP contribution in [0.4, 0.5) is 0 Å². The molecule has 1 heterocycles. The normalized spacial score (nSPS) is 27.9. The number of hydrogen-bond donors (Lipinski definition) is 0. The van der Waals surface area contributed by atoms with Gasteiger partial charge in [-0.05, 0) is 44.4 Å². The second-order valence-electron chi connectivity index (χ2n) is 5.45. The van der Waals surface area contributed by atoms with Crippen molar-refractivity contribution < 1.29 is 9.53 Å².